The summed E-state index contributed by atoms with van der Waals surface area (Å²) >= 11 is 0. The number of unbranched alkanes of at least 4 members (excludes halogenated alkanes) is 1. The lowest BCUT2D eigenvalue weighted by Crippen LogP contribution is -2.46. The number of hydrogen-bond donors (Lipinski definition) is 1. The van der Waals surface area contributed by atoms with Crippen molar-refractivity contribution in [2.45, 2.75) is 19.4 Å². The molecule has 1 saturated heterocycles. The van der Waals surface area contributed by atoms with Gasteiger partial charge in [0.25, 0.3) is 0 Å². The van der Waals surface area contributed by atoms with Crippen molar-refractivity contribution < 1.29 is 4.42 Å². The van der Waals surface area contributed by atoms with Gasteiger partial charge in [-0.3, -0.25) is 4.90 Å². The van der Waals surface area contributed by atoms with Crippen molar-refractivity contribution in [2.75, 3.05) is 39.3 Å². The van der Waals surface area contributed by atoms with Crippen LogP contribution in [0.15, 0.2) is 22.8 Å². The molecular formula is C13H23N3O. The van der Waals surface area contributed by atoms with E-state index in [-0.39, 0.29) is 0 Å². The smallest absolute Gasteiger partial charge is 0.117 e. The summed E-state index contributed by atoms with van der Waals surface area (Å²) in [7, 11) is 0. The van der Waals surface area contributed by atoms with Gasteiger partial charge in [-0.1, -0.05) is 0 Å². The maximum atomic E-state index is 5.50. The maximum absolute atomic E-state index is 5.50. The minimum absolute atomic E-state index is 0.818. The van der Waals surface area contributed by atoms with Crippen LogP contribution < -0.4 is 5.73 Å². The molecular weight excluding hydrogens is 214 g/mol. The molecule has 1 aliphatic heterocycles. The van der Waals surface area contributed by atoms with E-state index in [0.717, 1.165) is 38.4 Å². The lowest BCUT2D eigenvalue weighted by Gasteiger charge is -2.34. The molecule has 0 spiro atoms. The molecule has 0 atom stereocenters. The molecule has 0 saturated carbocycles. The zero-order chi connectivity index (χ0) is 11.9. The van der Waals surface area contributed by atoms with Gasteiger partial charge in [-0.2, -0.15) is 0 Å². The minimum Gasteiger partial charge on any atom is -0.468 e. The number of nitrogens with zero attached hydrogens (tertiary/aromatic N) is 2. The van der Waals surface area contributed by atoms with E-state index in [1.165, 1.54) is 26.1 Å². The molecule has 1 aromatic heterocycles. The van der Waals surface area contributed by atoms with Gasteiger partial charge in [-0.05, 0) is 38.1 Å². The first-order valence-corrected chi connectivity index (χ1v) is 6.55. The summed E-state index contributed by atoms with van der Waals surface area (Å²) in [6, 6.07) is 4.01. The molecule has 2 N–H and O–H groups in total. The molecule has 17 heavy (non-hydrogen) atoms. The highest BCUT2D eigenvalue weighted by Crippen LogP contribution is 2.09. The maximum Gasteiger partial charge on any atom is 0.117 e. The zero-order valence-corrected chi connectivity index (χ0v) is 10.5. The van der Waals surface area contributed by atoms with E-state index in [9.17, 15) is 0 Å². The van der Waals surface area contributed by atoms with Crippen molar-refractivity contribution in [3.05, 3.63) is 24.2 Å². The van der Waals surface area contributed by atoms with E-state index in [1.807, 2.05) is 12.1 Å². The Morgan fingerprint density at radius 2 is 1.88 bits per heavy atom. The highest BCUT2D eigenvalue weighted by atomic mass is 16.3. The van der Waals surface area contributed by atoms with Gasteiger partial charge < -0.3 is 15.1 Å². The van der Waals surface area contributed by atoms with Gasteiger partial charge in [-0.25, -0.2) is 0 Å². The van der Waals surface area contributed by atoms with Gasteiger partial charge >= 0.3 is 0 Å². The van der Waals surface area contributed by atoms with Gasteiger partial charge in [0, 0.05) is 26.2 Å². The summed E-state index contributed by atoms with van der Waals surface area (Å²) in [6.45, 7) is 7.59. The van der Waals surface area contributed by atoms with Crippen LogP contribution in [0, 0.1) is 0 Å². The topological polar surface area (TPSA) is 45.6 Å². The van der Waals surface area contributed by atoms with E-state index in [0.29, 0.717) is 0 Å². The third-order valence-electron chi connectivity index (χ3n) is 3.35. The van der Waals surface area contributed by atoms with Gasteiger partial charge in [0.15, 0.2) is 0 Å². The second-order valence-electron chi connectivity index (χ2n) is 4.69. The monoisotopic (exact) mass is 237 g/mol. The summed E-state index contributed by atoms with van der Waals surface area (Å²) < 4.78 is 5.37. The molecule has 0 amide bonds. The van der Waals surface area contributed by atoms with Crippen LogP contribution >= 0.6 is 0 Å². The molecule has 2 rings (SSSR count). The fourth-order valence-electron chi connectivity index (χ4n) is 2.27. The molecule has 0 aliphatic carbocycles. The summed E-state index contributed by atoms with van der Waals surface area (Å²) in [5.41, 5.74) is 5.50. The van der Waals surface area contributed by atoms with Crippen molar-refractivity contribution in [1.29, 1.82) is 0 Å². The Kier molecular flexibility index (Phi) is 5.04. The van der Waals surface area contributed by atoms with Crippen LogP contribution in [-0.4, -0.2) is 49.1 Å². The van der Waals surface area contributed by atoms with Crippen molar-refractivity contribution in [3.8, 4) is 0 Å². The Bertz CT molecular complexity index is 292. The lowest BCUT2D eigenvalue weighted by molar-refractivity contribution is 0.119. The van der Waals surface area contributed by atoms with Crippen LogP contribution in [0.25, 0.3) is 0 Å². The Hall–Kier alpha value is -0.840. The minimum atomic E-state index is 0.818. The number of furan rings is 1. The molecule has 96 valence electrons. The van der Waals surface area contributed by atoms with Gasteiger partial charge in [0.05, 0.1) is 12.8 Å². The average molecular weight is 237 g/mol. The Morgan fingerprint density at radius 1 is 1.12 bits per heavy atom. The van der Waals surface area contributed by atoms with E-state index in [1.54, 1.807) is 6.26 Å². The van der Waals surface area contributed by atoms with Crippen LogP contribution in [0.5, 0.6) is 0 Å². The van der Waals surface area contributed by atoms with Crippen LogP contribution in [0.1, 0.15) is 18.6 Å². The summed E-state index contributed by atoms with van der Waals surface area (Å²) in [5, 5.41) is 0. The fourth-order valence-corrected chi connectivity index (χ4v) is 2.27. The van der Waals surface area contributed by atoms with Gasteiger partial charge in [0.2, 0.25) is 0 Å². The largest absolute Gasteiger partial charge is 0.468 e. The van der Waals surface area contributed by atoms with E-state index in [2.05, 4.69) is 9.80 Å². The number of nitrogens with two attached hydrogens (primary N) is 1. The van der Waals surface area contributed by atoms with Crippen LogP contribution in [-0.2, 0) is 6.54 Å². The second kappa shape index (κ2) is 6.79. The summed E-state index contributed by atoms with van der Waals surface area (Å²) in [6.07, 6.45) is 4.12. The molecule has 4 heteroatoms. The molecule has 0 radical (unpaired) electrons. The van der Waals surface area contributed by atoms with Gasteiger partial charge in [0.1, 0.15) is 5.76 Å². The van der Waals surface area contributed by atoms with Crippen molar-refractivity contribution >= 4 is 0 Å². The predicted molar refractivity (Wildman–Crippen MR) is 68.7 cm³/mol. The first kappa shape index (κ1) is 12.6. The lowest BCUT2D eigenvalue weighted by atomic mass is 10.2. The fraction of sp³-hybridized carbons (Fsp3) is 0.692. The van der Waals surface area contributed by atoms with Crippen molar-refractivity contribution in [2.24, 2.45) is 5.73 Å². The van der Waals surface area contributed by atoms with E-state index < -0.39 is 0 Å². The summed E-state index contributed by atoms with van der Waals surface area (Å²) in [5.74, 6) is 1.07. The zero-order valence-electron chi connectivity index (χ0n) is 10.5. The molecule has 1 fully saturated rings. The Morgan fingerprint density at radius 3 is 2.53 bits per heavy atom. The molecule has 1 aliphatic rings. The molecule has 0 aromatic carbocycles. The molecule has 1 aromatic rings. The number of rotatable bonds is 6. The van der Waals surface area contributed by atoms with E-state index >= 15 is 0 Å². The summed E-state index contributed by atoms with van der Waals surface area (Å²) in [4.78, 5) is 4.99. The van der Waals surface area contributed by atoms with Crippen molar-refractivity contribution in [1.82, 2.24) is 9.80 Å². The molecule has 0 unspecified atom stereocenters. The van der Waals surface area contributed by atoms with Crippen LogP contribution in [0.2, 0.25) is 0 Å². The first-order valence-electron chi connectivity index (χ1n) is 6.55. The van der Waals surface area contributed by atoms with E-state index in [4.69, 9.17) is 10.2 Å². The predicted octanol–water partition coefficient (Wildman–Crippen LogP) is 1.14. The third-order valence-corrected chi connectivity index (χ3v) is 3.35. The number of piperazine rings is 1. The standard InChI is InChI=1S/C13H23N3O/c14-5-1-2-6-15-7-9-16(10-8-15)12-13-4-3-11-17-13/h3-4,11H,1-2,5-10,12,14H2. The molecule has 4 nitrogen and oxygen atoms in total. The second-order valence-corrected chi connectivity index (χ2v) is 4.69. The highest BCUT2D eigenvalue weighted by Gasteiger charge is 2.16. The Balaban J connectivity index is 1.64. The average Bonchev–Trinajstić information content (AvgIpc) is 2.85. The van der Waals surface area contributed by atoms with Crippen LogP contribution in [0.3, 0.4) is 0 Å². The quantitative estimate of drug-likeness (QED) is 0.754. The van der Waals surface area contributed by atoms with Crippen molar-refractivity contribution in [3.63, 3.8) is 0 Å². The number of hydrogen-bond acceptors (Lipinski definition) is 4. The Labute approximate surface area is 103 Å². The SMILES string of the molecule is NCCCCN1CCN(Cc2ccco2)CC1. The highest BCUT2D eigenvalue weighted by molar-refractivity contribution is 4.98. The first-order chi connectivity index (χ1) is 8.38. The van der Waals surface area contributed by atoms with Crippen LogP contribution in [0.4, 0.5) is 0 Å². The molecule has 0 bridgehead atoms. The normalized spacial score (nSPS) is 18.6. The third kappa shape index (κ3) is 4.15. The van der Waals surface area contributed by atoms with Gasteiger partial charge in [-0.15, -0.1) is 0 Å². The molecule has 2 heterocycles.